The number of benzene rings is 2. The molecule has 4 amide bonds. The molecule has 2 aromatic rings. The fourth-order valence-corrected chi connectivity index (χ4v) is 3.27. The average Bonchev–Trinajstić information content (AvgIpc) is 2.61. The van der Waals surface area contributed by atoms with Crippen LogP contribution in [-0.4, -0.2) is 28.9 Å². The summed E-state index contributed by atoms with van der Waals surface area (Å²) in [4.78, 5) is 49.6. The predicted octanol–water partition coefficient (Wildman–Crippen LogP) is 2.98. The van der Waals surface area contributed by atoms with Crippen LogP contribution in [0.3, 0.4) is 0 Å². The van der Waals surface area contributed by atoms with E-state index in [9.17, 15) is 19.2 Å². The smallest absolute Gasteiger partial charge is 0.335 e. The number of hydrogen-bond acceptors (Lipinski definition) is 4. The number of hydrogen-bond donors (Lipinski definition) is 2. The Kier molecular flexibility index (Phi) is 4.83. The van der Waals surface area contributed by atoms with Crippen molar-refractivity contribution in [1.29, 1.82) is 0 Å². The van der Waals surface area contributed by atoms with Gasteiger partial charge in [0.1, 0.15) is 5.57 Å². The van der Waals surface area contributed by atoms with E-state index in [4.69, 9.17) is 5.11 Å². The fraction of sp³-hybridized carbons (Fsp3) is 0.143. The summed E-state index contributed by atoms with van der Waals surface area (Å²) in [6.45, 7) is 5.50. The number of nitrogens with zero attached hydrogens (tertiary/aromatic N) is 1. The molecule has 0 unspecified atom stereocenters. The molecule has 1 aliphatic rings. The molecule has 7 nitrogen and oxygen atoms in total. The quantitative estimate of drug-likeness (QED) is 0.631. The first-order valence-corrected chi connectivity index (χ1v) is 8.51. The van der Waals surface area contributed by atoms with E-state index in [-0.39, 0.29) is 11.1 Å². The zero-order chi connectivity index (χ0) is 20.6. The minimum atomic E-state index is -1.08. The number of carboxylic acid groups (broad SMARTS) is 1. The van der Waals surface area contributed by atoms with Gasteiger partial charge in [-0.1, -0.05) is 29.8 Å². The summed E-state index contributed by atoms with van der Waals surface area (Å²) < 4.78 is 0. The third kappa shape index (κ3) is 3.42. The summed E-state index contributed by atoms with van der Waals surface area (Å²) >= 11 is 0. The molecule has 3 rings (SSSR count). The second kappa shape index (κ2) is 7.11. The Morgan fingerprint density at radius 1 is 1.00 bits per heavy atom. The topological polar surface area (TPSA) is 104 Å². The van der Waals surface area contributed by atoms with Crippen molar-refractivity contribution in [1.82, 2.24) is 5.32 Å². The lowest BCUT2D eigenvalue weighted by Gasteiger charge is -2.29. The van der Waals surface area contributed by atoms with Crippen molar-refractivity contribution in [3.05, 3.63) is 69.8 Å². The summed E-state index contributed by atoms with van der Waals surface area (Å²) in [5.41, 5.74) is 3.25. The highest BCUT2D eigenvalue weighted by molar-refractivity contribution is 6.39. The van der Waals surface area contributed by atoms with Crippen molar-refractivity contribution in [3.8, 4) is 0 Å². The first kappa shape index (κ1) is 19.0. The zero-order valence-electron chi connectivity index (χ0n) is 15.6. The van der Waals surface area contributed by atoms with Crippen LogP contribution in [0.25, 0.3) is 6.08 Å². The van der Waals surface area contributed by atoms with Gasteiger partial charge in [-0.3, -0.25) is 14.9 Å². The van der Waals surface area contributed by atoms with Crippen LogP contribution >= 0.6 is 0 Å². The van der Waals surface area contributed by atoms with Gasteiger partial charge in [0.15, 0.2) is 0 Å². The van der Waals surface area contributed by atoms with E-state index in [2.05, 4.69) is 5.32 Å². The third-order valence-corrected chi connectivity index (χ3v) is 4.43. The van der Waals surface area contributed by atoms with Crippen molar-refractivity contribution in [2.75, 3.05) is 4.90 Å². The highest BCUT2D eigenvalue weighted by Gasteiger charge is 2.38. The number of amides is 4. The maximum absolute atomic E-state index is 13.0. The van der Waals surface area contributed by atoms with Crippen LogP contribution < -0.4 is 10.2 Å². The number of aryl methyl sites for hydroxylation is 3. The van der Waals surface area contributed by atoms with E-state index in [1.54, 1.807) is 13.8 Å². The summed E-state index contributed by atoms with van der Waals surface area (Å²) in [5.74, 6) is -2.60. The van der Waals surface area contributed by atoms with Gasteiger partial charge in [0, 0.05) is 0 Å². The van der Waals surface area contributed by atoms with E-state index >= 15 is 0 Å². The van der Waals surface area contributed by atoms with Gasteiger partial charge in [-0.05, 0) is 55.7 Å². The fourth-order valence-electron chi connectivity index (χ4n) is 3.27. The average molecular weight is 378 g/mol. The van der Waals surface area contributed by atoms with E-state index < -0.39 is 23.8 Å². The van der Waals surface area contributed by atoms with Crippen molar-refractivity contribution >= 4 is 35.6 Å². The van der Waals surface area contributed by atoms with Gasteiger partial charge in [-0.25, -0.2) is 14.5 Å². The molecule has 1 saturated heterocycles. The molecule has 0 aliphatic carbocycles. The molecule has 0 radical (unpaired) electrons. The Bertz CT molecular complexity index is 1030. The summed E-state index contributed by atoms with van der Waals surface area (Å²) in [6, 6.07) is 8.62. The standard InChI is InChI=1S/C21H18N2O5/c1-11-8-12(2)17(13(3)9-11)23-19(25)16(18(24)22-21(23)28)10-14-4-6-15(7-5-14)20(26)27/h4-10H,1-3H3,(H,26,27)(H,22,24,28)/b16-10-. The van der Waals surface area contributed by atoms with Crippen LogP contribution in [0.15, 0.2) is 42.0 Å². The highest BCUT2D eigenvalue weighted by atomic mass is 16.4. The lowest BCUT2D eigenvalue weighted by atomic mass is 10.0. The van der Waals surface area contributed by atoms with Gasteiger partial charge in [0.05, 0.1) is 11.3 Å². The molecule has 28 heavy (non-hydrogen) atoms. The molecule has 0 bridgehead atoms. The normalized spacial score (nSPS) is 15.8. The minimum Gasteiger partial charge on any atom is -0.478 e. The molecule has 2 aromatic carbocycles. The Balaban J connectivity index is 2.04. The number of urea groups is 1. The molecule has 2 N–H and O–H groups in total. The molecule has 1 heterocycles. The predicted molar refractivity (Wildman–Crippen MR) is 103 cm³/mol. The number of imide groups is 2. The van der Waals surface area contributed by atoms with Gasteiger partial charge in [-0.15, -0.1) is 0 Å². The van der Waals surface area contributed by atoms with Crippen LogP contribution in [0.2, 0.25) is 0 Å². The molecular formula is C21H18N2O5. The van der Waals surface area contributed by atoms with Crippen molar-refractivity contribution < 1.29 is 24.3 Å². The number of rotatable bonds is 3. The third-order valence-electron chi connectivity index (χ3n) is 4.43. The lowest BCUT2D eigenvalue weighted by molar-refractivity contribution is -0.122. The number of barbiturate groups is 1. The number of anilines is 1. The summed E-state index contributed by atoms with van der Waals surface area (Å²) in [5, 5.41) is 11.2. The second-order valence-electron chi connectivity index (χ2n) is 6.63. The maximum atomic E-state index is 13.0. The van der Waals surface area contributed by atoms with Gasteiger partial charge >= 0.3 is 12.0 Å². The van der Waals surface area contributed by atoms with Crippen LogP contribution in [-0.2, 0) is 9.59 Å². The monoisotopic (exact) mass is 378 g/mol. The molecule has 0 atom stereocenters. The second-order valence-corrected chi connectivity index (χ2v) is 6.63. The Morgan fingerprint density at radius 3 is 2.11 bits per heavy atom. The number of aromatic carboxylic acids is 1. The van der Waals surface area contributed by atoms with Crippen LogP contribution in [0.5, 0.6) is 0 Å². The van der Waals surface area contributed by atoms with Gasteiger partial charge in [-0.2, -0.15) is 0 Å². The molecule has 1 aliphatic heterocycles. The minimum absolute atomic E-state index is 0.0873. The van der Waals surface area contributed by atoms with Gasteiger partial charge in [0.25, 0.3) is 11.8 Å². The molecule has 1 fully saturated rings. The largest absolute Gasteiger partial charge is 0.478 e. The number of carbonyl (C=O) groups excluding carboxylic acids is 3. The SMILES string of the molecule is Cc1cc(C)c(N2C(=O)NC(=O)/C(=C/c3ccc(C(=O)O)cc3)C2=O)c(C)c1. The molecule has 142 valence electrons. The molecule has 7 heteroatoms. The van der Waals surface area contributed by atoms with Crippen molar-refractivity contribution in [2.24, 2.45) is 0 Å². The first-order chi connectivity index (χ1) is 13.2. The molecule has 0 aromatic heterocycles. The Morgan fingerprint density at radius 2 is 1.57 bits per heavy atom. The summed E-state index contributed by atoms with van der Waals surface area (Å²) in [6.07, 6.45) is 1.33. The van der Waals surface area contributed by atoms with Crippen molar-refractivity contribution in [2.45, 2.75) is 20.8 Å². The van der Waals surface area contributed by atoms with Gasteiger partial charge < -0.3 is 5.11 Å². The number of nitrogens with one attached hydrogen (secondary N) is 1. The Hall–Kier alpha value is -3.74. The summed E-state index contributed by atoms with van der Waals surface area (Å²) in [7, 11) is 0. The zero-order valence-corrected chi connectivity index (χ0v) is 15.6. The van der Waals surface area contributed by atoms with Crippen LogP contribution in [0, 0.1) is 20.8 Å². The highest BCUT2D eigenvalue weighted by Crippen LogP contribution is 2.29. The van der Waals surface area contributed by atoms with E-state index in [1.165, 1.54) is 30.3 Å². The maximum Gasteiger partial charge on any atom is 0.335 e. The van der Waals surface area contributed by atoms with E-state index in [1.807, 2.05) is 19.1 Å². The van der Waals surface area contributed by atoms with E-state index in [0.29, 0.717) is 11.3 Å². The molecule has 0 saturated carbocycles. The first-order valence-electron chi connectivity index (χ1n) is 8.51. The van der Waals surface area contributed by atoms with Gasteiger partial charge in [0.2, 0.25) is 0 Å². The lowest BCUT2D eigenvalue weighted by Crippen LogP contribution is -2.54. The van der Waals surface area contributed by atoms with E-state index in [0.717, 1.165) is 21.6 Å². The van der Waals surface area contributed by atoms with Crippen LogP contribution in [0.4, 0.5) is 10.5 Å². The number of carboxylic acids is 1. The number of carbonyl (C=O) groups is 4. The molecular weight excluding hydrogens is 360 g/mol. The van der Waals surface area contributed by atoms with Crippen molar-refractivity contribution in [3.63, 3.8) is 0 Å². The Labute approximate surface area is 161 Å². The molecule has 0 spiro atoms. The van der Waals surface area contributed by atoms with Crippen LogP contribution in [0.1, 0.15) is 32.6 Å².